The molecule has 0 spiro atoms. The van der Waals surface area contributed by atoms with E-state index in [9.17, 15) is 14.4 Å². The van der Waals surface area contributed by atoms with Gasteiger partial charge < -0.3 is 14.9 Å². The lowest BCUT2D eigenvalue weighted by Gasteiger charge is -2.17. The standard InChI is InChI=1S/C18H19N5O3/c1-10-7-11(2)23(21-10)13-5-6-22(9-13)18(26)12-3-4-14-15(8-12)20-17(25)16(24)19-14/h3-4,7-8,13H,5-6,9H2,1-2H3,(H,19,24)(H,20,25)/t13-/m0/s1. The van der Waals surface area contributed by atoms with Crippen LogP contribution in [0.2, 0.25) is 0 Å². The van der Waals surface area contributed by atoms with Gasteiger partial charge in [0.05, 0.1) is 22.8 Å². The number of nitrogens with zero attached hydrogens (tertiary/aromatic N) is 3. The zero-order chi connectivity index (χ0) is 18.4. The Balaban J connectivity index is 1.59. The van der Waals surface area contributed by atoms with Gasteiger partial charge in [0.1, 0.15) is 0 Å². The van der Waals surface area contributed by atoms with E-state index in [1.165, 1.54) is 0 Å². The fourth-order valence-corrected chi connectivity index (χ4v) is 3.57. The smallest absolute Gasteiger partial charge is 0.314 e. The van der Waals surface area contributed by atoms with Crippen LogP contribution in [0.15, 0.2) is 33.9 Å². The summed E-state index contributed by atoms with van der Waals surface area (Å²) < 4.78 is 1.99. The first-order chi connectivity index (χ1) is 12.4. The molecule has 1 atom stereocenters. The van der Waals surface area contributed by atoms with E-state index in [1.54, 1.807) is 23.1 Å². The van der Waals surface area contributed by atoms with Crippen molar-refractivity contribution in [1.29, 1.82) is 0 Å². The average Bonchev–Trinajstić information content (AvgIpc) is 3.21. The van der Waals surface area contributed by atoms with Crippen LogP contribution >= 0.6 is 0 Å². The Kier molecular flexibility index (Phi) is 3.75. The molecule has 134 valence electrons. The number of carbonyl (C=O) groups excluding carboxylic acids is 1. The van der Waals surface area contributed by atoms with Crippen molar-refractivity contribution in [2.24, 2.45) is 0 Å². The molecule has 2 N–H and O–H groups in total. The van der Waals surface area contributed by atoms with Crippen molar-refractivity contribution in [2.75, 3.05) is 13.1 Å². The number of aromatic amines is 2. The van der Waals surface area contributed by atoms with Crippen LogP contribution in [0.4, 0.5) is 0 Å². The summed E-state index contributed by atoms with van der Waals surface area (Å²) >= 11 is 0. The van der Waals surface area contributed by atoms with Crippen LogP contribution in [0, 0.1) is 13.8 Å². The Hall–Kier alpha value is -3.16. The third-order valence-electron chi connectivity index (χ3n) is 4.81. The first-order valence-electron chi connectivity index (χ1n) is 8.51. The predicted molar refractivity (Wildman–Crippen MR) is 96.4 cm³/mol. The van der Waals surface area contributed by atoms with Crippen LogP contribution in [0.5, 0.6) is 0 Å². The molecule has 0 saturated carbocycles. The highest BCUT2D eigenvalue weighted by Gasteiger charge is 2.29. The largest absolute Gasteiger partial charge is 0.336 e. The van der Waals surface area contributed by atoms with E-state index in [0.717, 1.165) is 17.8 Å². The summed E-state index contributed by atoms with van der Waals surface area (Å²) in [6, 6.07) is 7.10. The molecule has 3 heterocycles. The lowest BCUT2D eigenvalue weighted by atomic mass is 10.1. The second-order valence-corrected chi connectivity index (χ2v) is 6.73. The number of hydrogen-bond donors (Lipinski definition) is 2. The molecule has 0 unspecified atom stereocenters. The van der Waals surface area contributed by atoms with E-state index in [1.807, 2.05) is 24.6 Å². The Bertz CT molecular complexity index is 1120. The van der Waals surface area contributed by atoms with Crippen LogP contribution in [-0.2, 0) is 0 Å². The fraction of sp³-hybridized carbons (Fsp3) is 0.333. The van der Waals surface area contributed by atoms with Gasteiger partial charge in [-0.05, 0) is 44.5 Å². The number of carbonyl (C=O) groups is 1. The van der Waals surface area contributed by atoms with E-state index in [2.05, 4.69) is 15.1 Å². The van der Waals surface area contributed by atoms with E-state index < -0.39 is 11.1 Å². The number of aromatic nitrogens is 4. The Morgan fingerprint density at radius 2 is 1.85 bits per heavy atom. The molecule has 8 nitrogen and oxygen atoms in total. The molecule has 2 aromatic heterocycles. The van der Waals surface area contributed by atoms with Crippen LogP contribution < -0.4 is 11.1 Å². The quantitative estimate of drug-likeness (QED) is 0.674. The van der Waals surface area contributed by atoms with Crippen LogP contribution in [0.25, 0.3) is 11.0 Å². The van der Waals surface area contributed by atoms with Gasteiger partial charge in [-0.3, -0.25) is 19.1 Å². The third kappa shape index (κ3) is 2.73. The number of H-pyrrole nitrogens is 2. The van der Waals surface area contributed by atoms with Gasteiger partial charge in [0.25, 0.3) is 5.91 Å². The number of likely N-dealkylation sites (tertiary alicyclic amines) is 1. The summed E-state index contributed by atoms with van der Waals surface area (Å²) in [5, 5.41) is 4.52. The van der Waals surface area contributed by atoms with E-state index in [0.29, 0.717) is 29.7 Å². The van der Waals surface area contributed by atoms with Crippen molar-refractivity contribution in [3.05, 3.63) is 61.9 Å². The maximum atomic E-state index is 12.8. The van der Waals surface area contributed by atoms with Crippen molar-refractivity contribution in [3.8, 4) is 0 Å². The predicted octanol–water partition coefficient (Wildman–Crippen LogP) is 1.12. The number of fused-ring (bicyclic) bond motifs is 1. The van der Waals surface area contributed by atoms with Crippen molar-refractivity contribution in [2.45, 2.75) is 26.3 Å². The van der Waals surface area contributed by atoms with Crippen LogP contribution in [-0.4, -0.2) is 43.6 Å². The van der Waals surface area contributed by atoms with E-state index in [4.69, 9.17) is 0 Å². The number of benzene rings is 1. The zero-order valence-electron chi connectivity index (χ0n) is 14.6. The van der Waals surface area contributed by atoms with Gasteiger partial charge >= 0.3 is 11.1 Å². The Morgan fingerprint density at radius 1 is 1.12 bits per heavy atom. The van der Waals surface area contributed by atoms with Crippen LogP contribution in [0.1, 0.15) is 34.2 Å². The van der Waals surface area contributed by atoms with Gasteiger partial charge in [0.15, 0.2) is 0 Å². The summed E-state index contributed by atoms with van der Waals surface area (Å²) in [5.41, 5.74) is 2.04. The minimum Gasteiger partial charge on any atom is -0.336 e. The van der Waals surface area contributed by atoms with E-state index in [-0.39, 0.29) is 11.9 Å². The molecule has 1 aromatic carbocycles. The fourth-order valence-electron chi connectivity index (χ4n) is 3.57. The summed E-state index contributed by atoms with van der Waals surface area (Å²) in [4.78, 5) is 42.5. The maximum absolute atomic E-state index is 12.8. The third-order valence-corrected chi connectivity index (χ3v) is 4.81. The lowest BCUT2D eigenvalue weighted by molar-refractivity contribution is 0.0787. The normalized spacial score (nSPS) is 17.2. The molecule has 3 aromatic rings. The topological polar surface area (TPSA) is 104 Å². The molecule has 8 heteroatoms. The number of amides is 1. The maximum Gasteiger partial charge on any atom is 0.314 e. The monoisotopic (exact) mass is 353 g/mol. The van der Waals surface area contributed by atoms with Gasteiger partial charge in [0.2, 0.25) is 0 Å². The number of rotatable bonds is 2. The number of nitrogens with one attached hydrogen (secondary N) is 2. The highest BCUT2D eigenvalue weighted by molar-refractivity contribution is 5.97. The van der Waals surface area contributed by atoms with Gasteiger partial charge in [-0.15, -0.1) is 0 Å². The van der Waals surface area contributed by atoms with Crippen molar-refractivity contribution in [1.82, 2.24) is 24.6 Å². The second kappa shape index (κ2) is 5.98. The molecular weight excluding hydrogens is 334 g/mol. The molecule has 0 radical (unpaired) electrons. The van der Waals surface area contributed by atoms with Gasteiger partial charge in [0, 0.05) is 24.3 Å². The van der Waals surface area contributed by atoms with Gasteiger partial charge in [-0.2, -0.15) is 5.10 Å². The highest BCUT2D eigenvalue weighted by atomic mass is 16.2. The Labute approximate surface area is 148 Å². The van der Waals surface area contributed by atoms with Crippen LogP contribution in [0.3, 0.4) is 0 Å². The molecule has 1 amide bonds. The molecule has 26 heavy (non-hydrogen) atoms. The minimum absolute atomic E-state index is 0.0945. The number of aryl methyl sites for hydroxylation is 2. The summed E-state index contributed by atoms with van der Waals surface area (Å²) in [5.74, 6) is -0.0945. The molecular formula is C18H19N5O3. The minimum atomic E-state index is -0.729. The molecule has 1 saturated heterocycles. The van der Waals surface area contributed by atoms with Crippen molar-refractivity contribution < 1.29 is 4.79 Å². The first kappa shape index (κ1) is 16.3. The molecule has 1 aliphatic rings. The molecule has 4 rings (SSSR count). The second-order valence-electron chi connectivity index (χ2n) is 6.73. The van der Waals surface area contributed by atoms with Gasteiger partial charge in [-0.25, -0.2) is 0 Å². The summed E-state index contributed by atoms with van der Waals surface area (Å²) in [6.07, 6.45) is 0.853. The molecule has 1 fully saturated rings. The molecule has 0 aliphatic carbocycles. The molecule has 0 bridgehead atoms. The van der Waals surface area contributed by atoms with E-state index >= 15 is 0 Å². The van der Waals surface area contributed by atoms with Gasteiger partial charge in [-0.1, -0.05) is 0 Å². The van der Waals surface area contributed by atoms with Crippen molar-refractivity contribution >= 4 is 16.9 Å². The summed E-state index contributed by atoms with van der Waals surface area (Å²) in [6.45, 7) is 5.23. The first-order valence-corrected chi connectivity index (χ1v) is 8.51. The SMILES string of the molecule is Cc1cc(C)n([C@H]2CCN(C(=O)c3ccc4[nH]c(=O)c(=O)[nH]c4c3)C2)n1. The van der Waals surface area contributed by atoms with Crippen molar-refractivity contribution in [3.63, 3.8) is 0 Å². The molecule has 1 aliphatic heterocycles. The average molecular weight is 353 g/mol. The number of hydrogen-bond acceptors (Lipinski definition) is 4. The Morgan fingerprint density at radius 3 is 2.54 bits per heavy atom. The lowest BCUT2D eigenvalue weighted by Crippen LogP contribution is -2.30. The zero-order valence-corrected chi connectivity index (χ0v) is 14.6. The summed E-state index contributed by atoms with van der Waals surface area (Å²) in [7, 11) is 0. The highest BCUT2D eigenvalue weighted by Crippen LogP contribution is 2.25.